The zero-order valence-electron chi connectivity index (χ0n) is 11.6. The first-order valence-electron chi connectivity index (χ1n) is 6.31. The minimum Gasteiger partial charge on any atom is -0.385 e. The third-order valence-corrected chi connectivity index (χ3v) is 3.00. The number of methoxy groups -OCH3 is 1. The number of nitriles is 1. The summed E-state index contributed by atoms with van der Waals surface area (Å²) in [5.74, 6) is -0.110. The molecule has 0 aromatic heterocycles. The molecular weight excluding hydrogens is 278 g/mol. The van der Waals surface area contributed by atoms with Gasteiger partial charge in [-0.15, -0.1) is 0 Å². The lowest BCUT2D eigenvalue weighted by atomic mass is 10.2. The number of carbonyl (C=O) groups excluding carboxylic acids is 1. The van der Waals surface area contributed by atoms with E-state index in [0.717, 1.165) is 6.42 Å². The maximum atomic E-state index is 11.8. The van der Waals surface area contributed by atoms with E-state index in [1.165, 1.54) is 0 Å². The Balaban J connectivity index is 2.51. The van der Waals surface area contributed by atoms with Crippen molar-refractivity contribution < 1.29 is 9.53 Å². The summed E-state index contributed by atoms with van der Waals surface area (Å²) in [5.41, 5.74) is 1.11. The monoisotopic (exact) mass is 295 g/mol. The van der Waals surface area contributed by atoms with Crippen LogP contribution >= 0.6 is 11.6 Å². The molecule has 0 fully saturated rings. The highest BCUT2D eigenvalue weighted by Gasteiger charge is 2.13. The molecule has 0 heterocycles. The Bertz CT molecular complexity index is 500. The van der Waals surface area contributed by atoms with Gasteiger partial charge in [-0.3, -0.25) is 4.79 Å². The van der Waals surface area contributed by atoms with Gasteiger partial charge in [0.1, 0.15) is 6.04 Å². The second kappa shape index (κ2) is 8.41. The maximum Gasteiger partial charge on any atom is 0.242 e. The van der Waals surface area contributed by atoms with Crippen LogP contribution in [-0.2, 0) is 9.53 Å². The lowest BCUT2D eigenvalue weighted by molar-refractivity contribution is -0.121. The van der Waals surface area contributed by atoms with E-state index in [-0.39, 0.29) is 5.91 Å². The summed E-state index contributed by atoms with van der Waals surface area (Å²) in [7, 11) is 1.62. The van der Waals surface area contributed by atoms with E-state index in [1.54, 1.807) is 32.2 Å². The topological polar surface area (TPSA) is 74.2 Å². The number of nitrogens with one attached hydrogen (secondary N) is 2. The zero-order chi connectivity index (χ0) is 15.0. The normalized spacial score (nSPS) is 11.5. The van der Waals surface area contributed by atoms with Crippen molar-refractivity contribution in [2.24, 2.45) is 0 Å². The number of amides is 1. The molecule has 108 valence electrons. The van der Waals surface area contributed by atoms with Crippen LogP contribution in [0.1, 0.15) is 18.9 Å². The highest BCUT2D eigenvalue weighted by Crippen LogP contribution is 2.23. The van der Waals surface area contributed by atoms with Crippen molar-refractivity contribution in [2.45, 2.75) is 19.4 Å². The maximum absolute atomic E-state index is 11.8. The molecule has 1 rings (SSSR count). The molecule has 20 heavy (non-hydrogen) atoms. The van der Waals surface area contributed by atoms with Crippen molar-refractivity contribution in [3.8, 4) is 6.07 Å². The van der Waals surface area contributed by atoms with E-state index in [9.17, 15) is 4.79 Å². The van der Waals surface area contributed by atoms with Gasteiger partial charge in [0.15, 0.2) is 0 Å². The van der Waals surface area contributed by atoms with Crippen molar-refractivity contribution in [2.75, 3.05) is 25.6 Å². The third-order valence-electron chi connectivity index (χ3n) is 2.69. The Hall–Kier alpha value is -1.77. The summed E-state index contributed by atoms with van der Waals surface area (Å²) in [4.78, 5) is 11.8. The zero-order valence-corrected chi connectivity index (χ0v) is 12.3. The second-order valence-electron chi connectivity index (χ2n) is 4.31. The molecule has 0 saturated heterocycles. The molecule has 0 bridgehead atoms. The molecule has 0 radical (unpaired) electrons. The predicted octanol–water partition coefficient (Wildman–Crippen LogP) is 2.16. The van der Waals surface area contributed by atoms with E-state index < -0.39 is 6.04 Å². The average Bonchev–Trinajstić information content (AvgIpc) is 2.45. The van der Waals surface area contributed by atoms with Crippen LogP contribution in [0.4, 0.5) is 5.69 Å². The van der Waals surface area contributed by atoms with E-state index in [2.05, 4.69) is 10.6 Å². The first-order chi connectivity index (χ1) is 9.58. The van der Waals surface area contributed by atoms with Crippen molar-refractivity contribution >= 4 is 23.2 Å². The summed E-state index contributed by atoms with van der Waals surface area (Å²) in [6, 6.07) is 6.50. The highest BCUT2D eigenvalue weighted by atomic mass is 35.5. The largest absolute Gasteiger partial charge is 0.385 e. The van der Waals surface area contributed by atoms with Crippen LogP contribution in [0.25, 0.3) is 0 Å². The minimum atomic E-state index is -0.414. The van der Waals surface area contributed by atoms with Crippen LogP contribution in [0.3, 0.4) is 0 Å². The molecule has 5 nitrogen and oxygen atoms in total. The van der Waals surface area contributed by atoms with Crippen molar-refractivity contribution in [3.05, 3.63) is 28.8 Å². The van der Waals surface area contributed by atoms with Gasteiger partial charge in [0.25, 0.3) is 0 Å². The van der Waals surface area contributed by atoms with Gasteiger partial charge in [0, 0.05) is 20.3 Å². The van der Waals surface area contributed by atoms with Gasteiger partial charge >= 0.3 is 0 Å². The molecule has 0 aliphatic carbocycles. The summed E-state index contributed by atoms with van der Waals surface area (Å²) >= 11 is 6.04. The summed E-state index contributed by atoms with van der Waals surface area (Å²) in [6.07, 6.45) is 0.770. The van der Waals surface area contributed by atoms with Crippen LogP contribution in [0, 0.1) is 11.3 Å². The number of rotatable bonds is 7. The van der Waals surface area contributed by atoms with E-state index in [1.807, 2.05) is 6.07 Å². The lowest BCUT2D eigenvalue weighted by Gasteiger charge is -2.16. The molecule has 0 spiro atoms. The summed E-state index contributed by atoms with van der Waals surface area (Å²) < 4.78 is 4.91. The Kier molecular flexibility index (Phi) is 6.85. The van der Waals surface area contributed by atoms with Gasteiger partial charge in [0.2, 0.25) is 5.91 Å². The van der Waals surface area contributed by atoms with E-state index >= 15 is 0 Å². The fraction of sp³-hybridized carbons (Fsp3) is 0.429. The molecule has 0 saturated carbocycles. The molecule has 1 amide bonds. The first-order valence-corrected chi connectivity index (χ1v) is 6.69. The highest BCUT2D eigenvalue weighted by molar-refractivity contribution is 6.33. The van der Waals surface area contributed by atoms with Gasteiger partial charge in [-0.05, 0) is 31.5 Å². The Labute approximate surface area is 123 Å². The summed E-state index contributed by atoms with van der Waals surface area (Å²) in [5, 5.41) is 15.0. The molecule has 0 aliphatic rings. The Morgan fingerprint density at radius 2 is 2.30 bits per heavy atom. The summed E-state index contributed by atoms with van der Waals surface area (Å²) in [6.45, 7) is 2.93. The van der Waals surface area contributed by atoms with Crippen LogP contribution in [0.5, 0.6) is 0 Å². The van der Waals surface area contributed by atoms with Gasteiger partial charge in [-0.1, -0.05) is 11.6 Å². The third kappa shape index (κ3) is 5.08. The van der Waals surface area contributed by atoms with Crippen molar-refractivity contribution in [1.82, 2.24) is 5.32 Å². The second-order valence-corrected chi connectivity index (χ2v) is 4.72. The molecule has 1 aromatic carbocycles. The predicted molar refractivity (Wildman–Crippen MR) is 78.8 cm³/mol. The fourth-order valence-corrected chi connectivity index (χ4v) is 1.82. The van der Waals surface area contributed by atoms with Crippen LogP contribution < -0.4 is 10.6 Å². The number of ether oxygens (including phenoxy) is 1. The smallest absolute Gasteiger partial charge is 0.242 e. The van der Waals surface area contributed by atoms with Crippen LogP contribution in [0.2, 0.25) is 5.02 Å². The van der Waals surface area contributed by atoms with E-state index in [0.29, 0.717) is 29.4 Å². The minimum absolute atomic E-state index is 0.110. The Morgan fingerprint density at radius 3 is 2.90 bits per heavy atom. The molecule has 1 atom stereocenters. The molecule has 0 aliphatic heterocycles. The van der Waals surface area contributed by atoms with Crippen molar-refractivity contribution in [3.63, 3.8) is 0 Å². The molecule has 2 N–H and O–H groups in total. The quantitative estimate of drug-likeness (QED) is 0.756. The SMILES string of the molecule is COCCCNC(=O)C(C)Nc1ccc(C#N)cc1Cl. The van der Waals surface area contributed by atoms with Crippen LogP contribution in [0.15, 0.2) is 18.2 Å². The average molecular weight is 296 g/mol. The van der Waals surface area contributed by atoms with Gasteiger partial charge in [-0.2, -0.15) is 5.26 Å². The standard InChI is InChI=1S/C14H18ClN3O2/c1-10(14(19)17-6-3-7-20-2)18-13-5-4-11(9-16)8-12(13)15/h4-5,8,10,18H,3,6-7H2,1-2H3,(H,17,19). The number of hydrogen-bond donors (Lipinski definition) is 2. The number of halogens is 1. The number of carbonyl (C=O) groups is 1. The first kappa shape index (κ1) is 16.3. The van der Waals surface area contributed by atoms with Gasteiger partial charge in [0.05, 0.1) is 22.3 Å². The van der Waals surface area contributed by atoms with Crippen LogP contribution in [-0.4, -0.2) is 32.2 Å². The number of anilines is 1. The van der Waals surface area contributed by atoms with Crippen molar-refractivity contribution in [1.29, 1.82) is 5.26 Å². The lowest BCUT2D eigenvalue weighted by Crippen LogP contribution is -2.38. The Morgan fingerprint density at radius 1 is 1.55 bits per heavy atom. The number of hydrogen-bond acceptors (Lipinski definition) is 4. The molecule has 1 unspecified atom stereocenters. The molecule has 1 aromatic rings. The number of benzene rings is 1. The van der Waals surface area contributed by atoms with Gasteiger partial charge < -0.3 is 15.4 Å². The number of nitrogens with zero attached hydrogens (tertiary/aromatic N) is 1. The fourth-order valence-electron chi connectivity index (χ4n) is 1.58. The molecule has 6 heteroatoms. The molecular formula is C14H18ClN3O2. The van der Waals surface area contributed by atoms with Gasteiger partial charge in [-0.25, -0.2) is 0 Å². The van der Waals surface area contributed by atoms with E-state index in [4.69, 9.17) is 21.6 Å².